The third-order valence-corrected chi connectivity index (χ3v) is 3.32. The van der Waals surface area contributed by atoms with E-state index in [0.29, 0.717) is 12.4 Å². The molecule has 3 aromatic rings. The van der Waals surface area contributed by atoms with Gasteiger partial charge in [0.05, 0.1) is 18.7 Å². The van der Waals surface area contributed by atoms with Gasteiger partial charge in [-0.1, -0.05) is 18.2 Å². The first-order chi connectivity index (χ1) is 9.72. The quantitative estimate of drug-likeness (QED) is 0.763. The van der Waals surface area contributed by atoms with Gasteiger partial charge in [0.15, 0.2) is 5.82 Å². The van der Waals surface area contributed by atoms with Crippen LogP contribution in [0.15, 0.2) is 41.5 Å². The number of hydrogen-bond donors (Lipinski definition) is 1. The van der Waals surface area contributed by atoms with Crippen LogP contribution in [-0.4, -0.2) is 31.0 Å². The molecule has 20 heavy (non-hydrogen) atoms. The molecule has 0 aliphatic carbocycles. The van der Waals surface area contributed by atoms with Gasteiger partial charge in [0.25, 0.3) is 5.56 Å². The number of nitrogens with zero attached hydrogens (tertiary/aromatic N) is 4. The number of aliphatic hydroxyl groups is 1. The van der Waals surface area contributed by atoms with Gasteiger partial charge < -0.3 is 9.67 Å². The summed E-state index contributed by atoms with van der Waals surface area (Å²) in [6, 6.07) is 9.21. The van der Waals surface area contributed by atoms with Crippen LogP contribution in [0.5, 0.6) is 0 Å². The first-order valence-electron chi connectivity index (χ1n) is 6.30. The van der Waals surface area contributed by atoms with E-state index >= 15 is 0 Å². The molecule has 0 aliphatic rings. The number of para-hydroxylation sites is 1. The lowest BCUT2D eigenvalue weighted by atomic mass is 10.1. The number of aryl methyl sites for hydroxylation is 1. The number of rotatable bonds is 3. The van der Waals surface area contributed by atoms with E-state index in [4.69, 9.17) is 5.11 Å². The number of aromatic nitrogens is 4. The predicted octanol–water partition coefficient (Wildman–Crippen LogP) is 0.789. The van der Waals surface area contributed by atoms with E-state index < -0.39 is 0 Å². The van der Waals surface area contributed by atoms with E-state index in [1.54, 1.807) is 22.4 Å². The first-order valence-corrected chi connectivity index (χ1v) is 6.30. The Hall–Kier alpha value is -2.47. The molecule has 0 aliphatic heterocycles. The fourth-order valence-electron chi connectivity index (χ4n) is 2.33. The van der Waals surface area contributed by atoms with Crippen molar-refractivity contribution < 1.29 is 5.11 Å². The average molecular weight is 270 g/mol. The minimum absolute atomic E-state index is 0.0286. The Balaban J connectivity index is 2.34. The summed E-state index contributed by atoms with van der Waals surface area (Å²) < 4.78 is 3.20. The highest BCUT2D eigenvalue weighted by molar-refractivity contribution is 5.92. The van der Waals surface area contributed by atoms with Crippen LogP contribution < -0.4 is 5.56 Å². The molecular weight excluding hydrogens is 256 g/mol. The Morgan fingerprint density at radius 2 is 2.10 bits per heavy atom. The van der Waals surface area contributed by atoms with Gasteiger partial charge >= 0.3 is 0 Å². The summed E-state index contributed by atoms with van der Waals surface area (Å²) in [5.41, 5.74) is 1.47. The lowest BCUT2D eigenvalue weighted by Gasteiger charge is -2.10. The van der Waals surface area contributed by atoms with Crippen molar-refractivity contribution in [3.8, 4) is 11.4 Å². The summed E-state index contributed by atoms with van der Waals surface area (Å²) in [4.78, 5) is 16.3. The highest BCUT2D eigenvalue weighted by Gasteiger charge is 2.13. The largest absolute Gasteiger partial charge is 0.394 e. The van der Waals surface area contributed by atoms with Gasteiger partial charge in [-0.2, -0.15) is 5.10 Å². The lowest BCUT2D eigenvalue weighted by molar-refractivity contribution is 0.270. The van der Waals surface area contributed by atoms with Crippen molar-refractivity contribution in [1.29, 1.82) is 0 Å². The van der Waals surface area contributed by atoms with E-state index in [1.807, 2.05) is 24.3 Å². The van der Waals surface area contributed by atoms with Crippen LogP contribution in [0, 0.1) is 0 Å². The molecule has 3 rings (SSSR count). The minimum Gasteiger partial charge on any atom is -0.394 e. The molecule has 6 heteroatoms. The van der Waals surface area contributed by atoms with Gasteiger partial charge in [-0.15, -0.1) is 0 Å². The van der Waals surface area contributed by atoms with Crippen molar-refractivity contribution >= 4 is 10.9 Å². The second kappa shape index (κ2) is 4.90. The van der Waals surface area contributed by atoms with Crippen molar-refractivity contribution in [3.05, 3.63) is 47.0 Å². The molecule has 0 saturated heterocycles. The molecule has 2 aromatic heterocycles. The van der Waals surface area contributed by atoms with Crippen molar-refractivity contribution in [3.63, 3.8) is 0 Å². The zero-order valence-electron chi connectivity index (χ0n) is 11.0. The van der Waals surface area contributed by atoms with E-state index in [0.717, 1.165) is 16.5 Å². The Labute approximate surface area is 114 Å². The van der Waals surface area contributed by atoms with Crippen molar-refractivity contribution in [1.82, 2.24) is 19.3 Å². The third-order valence-electron chi connectivity index (χ3n) is 3.32. The molecule has 1 aromatic carbocycles. The second-order valence-corrected chi connectivity index (χ2v) is 4.50. The maximum absolute atomic E-state index is 12.1. The van der Waals surface area contributed by atoms with E-state index in [9.17, 15) is 4.79 Å². The van der Waals surface area contributed by atoms with E-state index in [2.05, 4.69) is 10.1 Å². The smallest absolute Gasteiger partial charge is 0.251 e. The molecule has 0 amide bonds. The molecule has 1 N–H and O–H groups in total. The second-order valence-electron chi connectivity index (χ2n) is 4.50. The Bertz CT molecular complexity index is 819. The molecule has 6 nitrogen and oxygen atoms in total. The van der Waals surface area contributed by atoms with Crippen molar-refractivity contribution in [2.24, 2.45) is 7.05 Å². The molecule has 0 spiro atoms. The van der Waals surface area contributed by atoms with Gasteiger partial charge in [-0.3, -0.25) is 4.79 Å². The van der Waals surface area contributed by atoms with Gasteiger partial charge in [0, 0.05) is 24.1 Å². The Morgan fingerprint density at radius 3 is 2.90 bits per heavy atom. The van der Waals surface area contributed by atoms with Gasteiger partial charge in [0.2, 0.25) is 0 Å². The number of pyridine rings is 1. The van der Waals surface area contributed by atoms with Crippen LogP contribution in [0.2, 0.25) is 0 Å². The zero-order chi connectivity index (χ0) is 14.1. The molecule has 0 saturated carbocycles. The Kier molecular flexibility index (Phi) is 3.08. The summed E-state index contributed by atoms with van der Waals surface area (Å²) in [6.45, 7) is 0.317. The number of benzene rings is 1. The lowest BCUT2D eigenvalue weighted by Crippen LogP contribution is -2.17. The summed E-state index contributed by atoms with van der Waals surface area (Å²) in [6.07, 6.45) is 1.43. The third kappa shape index (κ3) is 1.90. The summed E-state index contributed by atoms with van der Waals surface area (Å²) in [7, 11) is 1.74. The number of hydrogen-bond acceptors (Lipinski definition) is 4. The molecule has 0 bridgehead atoms. The molecular formula is C14H14N4O2. The molecule has 0 atom stereocenters. The molecule has 0 radical (unpaired) electrons. The van der Waals surface area contributed by atoms with Gasteiger partial charge in [0.1, 0.15) is 6.33 Å². The van der Waals surface area contributed by atoms with Crippen LogP contribution in [0.3, 0.4) is 0 Å². The normalized spacial score (nSPS) is 11.1. The summed E-state index contributed by atoms with van der Waals surface area (Å²) in [5, 5.41) is 14.1. The number of fused-ring (bicyclic) bond motifs is 1. The highest BCUT2D eigenvalue weighted by atomic mass is 16.3. The highest BCUT2D eigenvalue weighted by Crippen LogP contribution is 2.24. The molecule has 102 valence electrons. The van der Waals surface area contributed by atoms with Gasteiger partial charge in [-0.25, -0.2) is 9.67 Å². The minimum atomic E-state index is -0.0998. The molecule has 0 unspecified atom stereocenters. The van der Waals surface area contributed by atoms with E-state index in [-0.39, 0.29) is 12.2 Å². The predicted molar refractivity (Wildman–Crippen MR) is 75.3 cm³/mol. The average Bonchev–Trinajstić information content (AvgIpc) is 2.91. The first kappa shape index (κ1) is 12.6. The fourth-order valence-corrected chi connectivity index (χ4v) is 2.33. The van der Waals surface area contributed by atoms with Crippen LogP contribution in [0.4, 0.5) is 0 Å². The maximum Gasteiger partial charge on any atom is 0.251 e. The van der Waals surface area contributed by atoms with Crippen LogP contribution in [0.25, 0.3) is 22.3 Å². The topological polar surface area (TPSA) is 72.9 Å². The zero-order valence-corrected chi connectivity index (χ0v) is 11.0. The maximum atomic E-state index is 12.1. The van der Waals surface area contributed by atoms with Crippen molar-refractivity contribution in [2.75, 3.05) is 6.61 Å². The van der Waals surface area contributed by atoms with Gasteiger partial charge in [-0.05, 0) is 6.07 Å². The van der Waals surface area contributed by atoms with E-state index in [1.165, 1.54) is 6.33 Å². The SMILES string of the molecule is Cn1c(=O)cc(-c2ncnn2CCO)c2ccccc21. The molecule has 0 fully saturated rings. The standard InChI is InChI=1S/C14H14N4O2/c1-17-12-5-3-2-4-10(12)11(8-13(17)20)14-15-9-16-18(14)6-7-19/h2-5,8-9,19H,6-7H2,1H3. The fraction of sp³-hybridized carbons (Fsp3) is 0.214. The summed E-state index contributed by atoms with van der Waals surface area (Å²) >= 11 is 0. The summed E-state index contributed by atoms with van der Waals surface area (Å²) in [5.74, 6) is 0.591. The van der Waals surface area contributed by atoms with Crippen LogP contribution in [-0.2, 0) is 13.6 Å². The van der Waals surface area contributed by atoms with Crippen LogP contribution in [0.1, 0.15) is 0 Å². The number of aliphatic hydroxyl groups excluding tert-OH is 1. The van der Waals surface area contributed by atoms with Crippen molar-refractivity contribution in [2.45, 2.75) is 6.54 Å². The van der Waals surface area contributed by atoms with Crippen LogP contribution >= 0.6 is 0 Å². The Morgan fingerprint density at radius 1 is 1.30 bits per heavy atom. The monoisotopic (exact) mass is 270 g/mol. The molecule has 2 heterocycles.